The third-order valence-corrected chi connectivity index (χ3v) is 5.72. The molecule has 1 aromatic heterocycles. The van der Waals surface area contributed by atoms with Crippen LogP contribution in [0.25, 0.3) is 0 Å². The number of hydrogen-bond acceptors (Lipinski definition) is 6. The predicted molar refractivity (Wildman–Crippen MR) is 54.2 cm³/mol. The lowest BCUT2D eigenvalue weighted by atomic mass is 10.5. The zero-order chi connectivity index (χ0) is 10.6. The Bertz CT molecular complexity index is 457. The monoisotopic (exact) mass is 253 g/mol. The zero-order valence-corrected chi connectivity index (χ0v) is 9.39. The van der Waals surface area contributed by atoms with E-state index in [-0.39, 0.29) is 4.90 Å². The Hall–Kier alpha value is -0.600. The highest BCUT2D eigenvalue weighted by atomic mass is 33.1. The van der Waals surface area contributed by atoms with Crippen LogP contribution in [0.15, 0.2) is 29.4 Å². The molecule has 0 atom stereocenters. The van der Waals surface area contributed by atoms with Crippen molar-refractivity contribution in [2.45, 2.75) is 4.90 Å². The minimum Gasteiger partial charge on any atom is -0.263 e. The third kappa shape index (κ3) is 3.28. The van der Waals surface area contributed by atoms with Crippen LogP contribution >= 0.6 is 10.8 Å². The fourth-order valence-corrected chi connectivity index (χ4v) is 4.69. The van der Waals surface area contributed by atoms with Gasteiger partial charge < -0.3 is 0 Å². The number of pyridine rings is 1. The molecule has 0 aliphatic rings. The molecule has 0 saturated carbocycles. The summed E-state index contributed by atoms with van der Waals surface area (Å²) in [5, 5.41) is -0.475. The normalized spacial score (nSPS) is 11.8. The molecule has 0 aromatic carbocycles. The van der Waals surface area contributed by atoms with Gasteiger partial charge in [0.05, 0.1) is 4.90 Å². The maximum absolute atomic E-state index is 11.4. The van der Waals surface area contributed by atoms with Crippen LogP contribution in [0.2, 0.25) is 0 Å². The molecule has 1 aromatic rings. The predicted octanol–water partition coefficient (Wildman–Crippen LogP) is 0.0724. The topological polar surface area (TPSA) is 81.2 Å². The van der Waals surface area contributed by atoms with Crippen LogP contribution in [0.5, 0.6) is 0 Å². The van der Waals surface area contributed by atoms with E-state index in [1.165, 1.54) is 24.5 Å². The van der Waals surface area contributed by atoms with Gasteiger partial charge in [-0.1, -0.05) is 0 Å². The molecule has 0 aliphatic carbocycles. The van der Waals surface area contributed by atoms with E-state index in [0.29, 0.717) is 10.8 Å². The summed E-state index contributed by atoms with van der Waals surface area (Å²) in [7, 11) is -5.91. The molecule has 0 fully saturated rings. The molecule has 0 bridgehead atoms. The van der Waals surface area contributed by atoms with Crippen molar-refractivity contribution in [3.8, 4) is 0 Å². The smallest absolute Gasteiger partial charge is 0.192 e. The minimum absolute atomic E-state index is 0.0318. The first-order chi connectivity index (χ1) is 6.52. The van der Waals surface area contributed by atoms with Gasteiger partial charge in [-0.05, 0) is 22.9 Å². The van der Waals surface area contributed by atoms with Gasteiger partial charge in [-0.15, -0.1) is 0 Å². The summed E-state index contributed by atoms with van der Waals surface area (Å²) in [6, 6.07) is 2.86. The number of thiol groups is 1. The average molecular weight is 253 g/mol. The van der Waals surface area contributed by atoms with Crippen molar-refractivity contribution in [1.29, 1.82) is 0 Å². The molecule has 0 N–H and O–H groups in total. The van der Waals surface area contributed by atoms with E-state index in [0.717, 1.165) is 0 Å². The molecule has 0 spiro atoms. The van der Waals surface area contributed by atoms with Gasteiger partial charge in [0.1, 0.15) is 5.08 Å². The minimum atomic E-state index is -3.54. The van der Waals surface area contributed by atoms with Gasteiger partial charge in [0.2, 0.25) is 0 Å². The molecule has 0 aliphatic heterocycles. The largest absolute Gasteiger partial charge is 0.263 e. The molecule has 0 unspecified atom stereocenters. The highest BCUT2D eigenvalue weighted by Gasteiger charge is 2.14. The molecular weight excluding hydrogens is 246 g/mol. The summed E-state index contributed by atoms with van der Waals surface area (Å²) in [4.78, 5) is 3.67. The Balaban J connectivity index is 2.87. The van der Waals surface area contributed by atoms with Crippen molar-refractivity contribution in [3.05, 3.63) is 24.5 Å². The summed E-state index contributed by atoms with van der Waals surface area (Å²) < 4.78 is 43.2. The first-order valence-corrected chi connectivity index (χ1v) is 7.84. The number of rotatable bonds is 4. The maximum Gasteiger partial charge on any atom is 0.192 e. The standard InChI is InChI=1S/C6H7NO4S3/c8-13(9)12-5-14(10,11)6-2-1-3-7-4-6/h1-4,13H,5H2. The molecule has 0 saturated heterocycles. The second-order valence-electron chi connectivity index (χ2n) is 2.27. The van der Waals surface area contributed by atoms with E-state index < -0.39 is 24.7 Å². The first kappa shape index (κ1) is 11.5. The summed E-state index contributed by atoms with van der Waals surface area (Å²) >= 11 is 0. The summed E-state index contributed by atoms with van der Waals surface area (Å²) in [6.07, 6.45) is 2.63. The summed E-state index contributed by atoms with van der Waals surface area (Å²) in [6.45, 7) is 0. The van der Waals surface area contributed by atoms with Crippen molar-refractivity contribution >= 4 is 30.4 Å². The molecule has 78 valence electrons. The molecule has 14 heavy (non-hydrogen) atoms. The quantitative estimate of drug-likeness (QED) is 0.604. The molecule has 0 radical (unpaired) electrons. The van der Waals surface area contributed by atoms with Crippen LogP contribution in [-0.2, 0) is 19.6 Å². The molecule has 0 amide bonds. The van der Waals surface area contributed by atoms with Crippen LogP contribution < -0.4 is 0 Å². The van der Waals surface area contributed by atoms with Gasteiger partial charge in [-0.3, -0.25) is 4.98 Å². The van der Waals surface area contributed by atoms with Crippen LogP contribution in [0.3, 0.4) is 0 Å². The van der Waals surface area contributed by atoms with E-state index in [1.54, 1.807) is 0 Å². The van der Waals surface area contributed by atoms with Crippen molar-refractivity contribution in [1.82, 2.24) is 4.98 Å². The number of sulfone groups is 1. The van der Waals surface area contributed by atoms with Gasteiger partial charge in [0.25, 0.3) is 0 Å². The van der Waals surface area contributed by atoms with E-state index in [4.69, 9.17) is 0 Å². The Morgan fingerprint density at radius 2 is 2.14 bits per heavy atom. The van der Waals surface area contributed by atoms with Crippen molar-refractivity contribution < 1.29 is 16.8 Å². The van der Waals surface area contributed by atoms with Gasteiger partial charge in [0.15, 0.2) is 19.6 Å². The average Bonchev–Trinajstić information content (AvgIpc) is 2.16. The zero-order valence-electron chi connectivity index (χ0n) is 6.86. The van der Waals surface area contributed by atoms with E-state index in [1.807, 2.05) is 0 Å². The van der Waals surface area contributed by atoms with E-state index >= 15 is 0 Å². The van der Waals surface area contributed by atoms with Gasteiger partial charge >= 0.3 is 0 Å². The molecule has 1 heterocycles. The fourth-order valence-electron chi connectivity index (χ4n) is 0.712. The number of nitrogens with zero attached hydrogens (tertiary/aromatic N) is 1. The third-order valence-electron chi connectivity index (χ3n) is 1.31. The fraction of sp³-hybridized carbons (Fsp3) is 0.167. The number of aromatic nitrogens is 1. The number of hydrogen-bond donors (Lipinski definition) is 1. The first-order valence-electron chi connectivity index (χ1n) is 3.42. The molecule has 5 nitrogen and oxygen atoms in total. The van der Waals surface area contributed by atoms with Gasteiger partial charge in [0, 0.05) is 12.4 Å². The Kier molecular flexibility index (Phi) is 3.90. The van der Waals surface area contributed by atoms with Crippen LogP contribution in [-0.4, -0.2) is 26.9 Å². The SMILES string of the molecule is O=[SH](=O)SCS(=O)(=O)c1cccnc1. The second kappa shape index (κ2) is 4.76. The maximum atomic E-state index is 11.4. The highest BCUT2D eigenvalue weighted by molar-refractivity contribution is 8.66. The lowest BCUT2D eigenvalue weighted by Crippen LogP contribution is -2.04. The van der Waals surface area contributed by atoms with Gasteiger partial charge in [-0.25, -0.2) is 16.8 Å². The molecule has 1 rings (SSSR count). The molecular formula is C6H7NO4S3. The second-order valence-corrected chi connectivity index (χ2v) is 7.29. The Labute approximate surface area is 86.8 Å². The van der Waals surface area contributed by atoms with Crippen LogP contribution in [0.4, 0.5) is 0 Å². The molecule has 8 heteroatoms. The highest BCUT2D eigenvalue weighted by Crippen LogP contribution is 2.14. The van der Waals surface area contributed by atoms with Crippen molar-refractivity contribution in [2.75, 3.05) is 5.08 Å². The van der Waals surface area contributed by atoms with Gasteiger partial charge in [-0.2, -0.15) is 0 Å². The van der Waals surface area contributed by atoms with E-state index in [2.05, 4.69) is 4.98 Å². The van der Waals surface area contributed by atoms with Crippen LogP contribution in [0, 0.1) is 0 Å². The summed E-state index contributed by atoms with van der Waals surface area (Å²) in [5.41, 5.74) is 0. The van der Waals surface area contributed by atoms with Crippen molar-refractivity contribution in [3.63, 3.8) is 0 Å². The van der Waals surface area contributed by atoms with E-state index in [9.17, 15) is 16.8 Å². The summed E-state index contributed by atoms with van der Waals surface area (Å²) in [5.74, 6) is 0. The lowest BCUT2D eigenvalue weighted by Gasteiger charge is -1.99. The Morgan fingerprint density at radius 3 is 2.64 bits per heavy atom. The Morgan fingerprint density at radius 1 is 1.43 bits per heavy atom. The van der Waals surface area contributed by atoms with Crippen molar-refractivity contribution in [2.24, 2.45) is 0 Å². The lowest BCUT2D eigenvalue weighted by molar-refractivity contribution is 0.600. The van der Waals surface area contributed by atoms with Crippen LogP contribution in [0.1, 0.15) is 0 Å².